The number of carbonyl (C=O) groups is 4. The van der Waals surface area contributed by atoms with Crippen molar-refractivity contribution in [3.05, 3.63) is 96.8 Å². The third-order valence-electron chi connectivity index (χ3n) is 9.06. The van der Waals surface area contributed by atoms with Crippen molar-refractivity contribution in [2.45, 2.75) is 24.2 Å². The Morgan fingerprint density at radius 3 is 1.23 bits per heavy atom. The number of benzene rings is 2. The fourth-order valence-electron chi connectivity index (χ4n) is 7.28. The van der Waals surface area contributed by atoms with Crippen molar-refractivity contribution < 1.29 is 37.5 Å². The van der Waals surface area contributed by atoms with E-state index in [1.807, 2.05) is 0 Å². The highest BCUT2D eigenvalue weighted by Crippen LogP contribution is 2.59. The summed E-state index contributed by atoms with van der Waals surface area (Å²) in [5.74, 6) is -1.67. The SMILES string of the molecule is COc1ccc(N2C(=O)[C@@H]3[C@@H](C2=O)N2[C@@H](c4ccco4)[C@H]4C(=O)N(c5ccc(OC)cc5)C(=O)[C@@H]4N2[C@H]3c2ccco2)cc1. The summed E-state index contributed by atoms with van der Waals surface area (Å²) < 4.78 is 22.2. The van der Waals surface area contributed by atoms with Crippen LogP contribution in [0, 0.1) is 11.8 Å². The molecule has 4 aromatic rings. The molecule has 0 N–H and O–H groups in total. The highest BCUT2D eigenvalue weighted by molar-refractivity contribution is 6.26. The van der Waals surface area contributed by atoms with Crippen LogP contribution >= 0.6 is 0 Å². The molecule has 0 spiro atoms. The van der Waals surface area contributed by atoms with Gasteiger partial charge in [-0.3, -0.25) is 19.2 Å². The van der Waals surface area contributed by atoms with Crippen molar-refractivity contribution in [1.82, 2.24) is 10.0 Å². The Hall–Kier alpha value is -5.20. The Bertz CT molecular complexity index is 1640. The van der Waals surface area contributed by atoms with E-state index in [1.165, 1.54) is 36.5 Å². The lowest BCUT2D eigenvalue weighted by atomic mass is 9.87. The van der Waals surface area contributed by atoms with Gasteiger partial charge >= 0.3 is 0 Å². The average molecular weight is 595 g/mol. The Morgan fingerprint density at radius 2 is 0.909 bits per heavy atom. The molecule has 0 unspecified atom stereocenters. The second-order valence-corrected chi connectivity index (χ2v) is 11.0. The summed E-state index contributed by atoms with van der Waals surface area (Å²) in [5, 5.41) is 3.44. The van der Waals surface area contributed by atoms with Crippen LogP contribution in [0.25, 0.3) is 0 Å². The van der Waals surface area contributed by atoms with E-state index in [1.54, 1.807) is 82.8 Å². The lowest BCUT2D eigenvalue weighted by molar-refractivity contribution is -0.136. The van der Waals surface area contributed by atoms with Crippen molar-refractivity contribution in [2.75, 3.05) is 24.0 Å². The molecule has 12 heteroatoms. The molecule has 8 rings (SSSR count). The van der Waals surface area contributed by atoms with E-state index in [-0.39, 0.29) is 0 Å². The fourth-order valence-corrected chi connectivity index (χ4v) is 7.28. The largest absolute Gasteiger partial charge is 0.497 e. The minimum atomic E-state index is -1.02. The summed E-state index contributed by atoms with van der Waals surface area (Å²) in [6, 6.07) is 16.4. The van der Waals surface area contributed by atoms with Crippen molar-refractivity contribution in [3.63, 3.8) is 0 Å². The molecule has 44 heavy (non-hydrogen) atoms. The normalized spacial score (nSPS) is 28.1. The molecule has 4 saturated heterocycles. The summed E-state index contributed by atoms with van der Waals surface area (Å²) >= 11 is 0. The number of furan rings is 2. The predicted octanol–water partition coefficient (Wildman–Crippen LogP) is 3.33. The van der Waals surface area contributed by atoms with Gasteiger partial charge in [0, 0.05) is 0 Å². The first kappa shape index (κ1) is 26.4. The zero-order valence-corrected chi connectivity index (χ0v) is 23.6. The van der Waals surface area contributed by atoms with E-state index < -0.39 is 59.6 Å². The quantitative estimate of drug-likeness (QED) is 0.307. The summed E-state index contributed by atoms with van der Waals surface area (Å²) in [4.78, 5) is 59.4. The number of rotatable bonds is 6. The van der Waals surface area contributed by atoms with Gasteiger partial charge in [-0.25, -0.2) is 19.8 Å². The lowest BCUT2D eigenvalue weighted by Crippen LogP contribution is -2.50. The molecule has 4 aliphatic heterocycles. The topological polar surface area (TPSA) is 126 Å². The zero-order valence-electron chi connectivity index (χ0n) is 23.6. The molecule has 2 aromatic heterocycles. The Kier molecular flexibility index (Phi) is 5.80. The second kappa shape index (κ2) is 9.66. The van der Waals surface area contributed by atoms with Crippen molar-refractivity contribution in [2.24, 2.45) is 11.8 Å². The molecule has 2 aromatic carbocycles. The van der Waals surface area contributed by atoms with E-state index >= 15 is 0 Å². The number of methoxy groups -OCH3 is 2. The summed E-state index contributed by atoms with van der Waals surface area (Å²) in [6.07, 6.45) is 2.97. The summed E-state index contributed by atoms with van der Waals surface area (Å²) in [7, 11) is 3.07. The van der Waals surface area contributed by atoms with E-state index in [0.29, 0.717) is 34.4 Å². The Labute approximate surface area is 250 Å². The molecular formula is C32H26N4O8. The molecule has 0 aliphatic carbocycles. The number of hydrazine groups is 1. The van der Waals surface area contributed by atoms with Gasteiger partial charge < -0.3 is 18.3 Å². The molecule has 6 atom stereocenters. The van der Waals surface area contributed by atoms with Crippen LogP contribution in [-0.4, -0.2) is 59.9 Å². The average Bonchev–Trinajstić information content (AvgIpc) is 3.88. The molecule has 222 valence electrons. The maximum absolute atomic E-state index is 14.3. The second-order valence-electron chi connectivity index (χ2n) is 11.0. The lowest BCUT2D eigenvalue weighted by Gasteiger charge is -2.34. The van der Waals surface area contributed by atoms with Gasteiger partial charge in [-0.1, -0.05) is 0 Å². The first-order chi connectivity index (χ1) is 21.4. The third-order valence-corrected chi connectivity index (χ3v) is 9.06. The molecule has 4 fully saturated rings. The van der Waals surface area contributed by atoms with Crippen LogP contribution in [0.2, 0.25) is 0 Å². The van der Waals surface area contributed by atoms with Gasteiger partial charge in [0.1, 0.15) is 35.1 Å². The standard InChI is InChI=1S/C32H26N4O8/c1-41-19-11-7-17(8-12-19)33-29(37)23-25(21-5-3-15-43-21)36-28-24(26(22-6-4-16-44-22)35(36)27(23)31(33)39)30(38)34(32(28)40)18-9-13-20(42-2)14-10-18/h3-16,23-28H,1-2H3/t23-,24+,25-,26-,27-,28+/m0/s1. The van der Waals surface area contributed by atoms with Crippen LogP contribution in [0.15, 0.2) is 94.2 Å². The highest BCUT2D eigenvalue weighted by atomic mass is 16.5. The number of imide groups is 2. The smallest absolute Gasteiger partial charge is 0.253 e. The van der Waals surface area contributed by atoms with Crippen molar-refractivity contribution in [3.8, 4) is 11.5 Å². The van der Waals surface area contributed by atoms with Gasteiger partial charge in [0.15, 0.2) is 0 Å². The molecule has 4 amide bonds. The van der Waals surface area contributed by atoms with Crippen LogP contribution < -0.4 is 19.3 Å². The van der Waals surface area contributed by atoms with Crippen LogP contribution in [0.3, 0.4) is 0 Å². The molecule has 0 saturated carbocycles. The Morgan fingerprint density at radius 1 is 0.523 bits per heavy atom. The predicted molar refractivity (Wildman–Crippen MR) is 152 cm³/mol. The minimum Gasteiger partial charge on any atom is -0.497 e. The van der Waals surface area contributed by atoms with Gasteiger partial charge in [-0.2, -0.15) is 0 Å². The van der Waals surface area contributed by atoms with Crippen LogP contribution in [0.4, 0.5) is 11.4 Å². The molecule has 4 aliphatic rings. The molecule has 0 bridgehead atoms. The Balaban J connectivity index is 1.27. The number of fused-ring (bicyclic) bond motifs is 5. The van der Waals surface area contributed by atoms with Crippen molar-refractivity contribution >= 4 is 35.0 Å². The number of hydrogen-bond acceptors (Lipinski definition) is 10. The number of ether oxygens (including phenoxy) is 2. The summed E-state index contributed by atoms with van der Waals surface area (Å²) in [5.41, 5.74) is 0.790. The summed E-state index contributed by atoms with van der Waals surface area (Å²) in [6.45, 7) is 0. The van der Waals surface area contributed by atoms with Crippen LogP contribution in [0.1, 0.15) is 23.6 Å². The van der Waals surface area contributed by atoms with E-state index in [2.05, 4.69) is 0 Å². The number of nitrogens with zero attached hydrogens (tertiary/aromatic N) is 4. The van der Waals surface area contributed by atoms with E-state index in [4.69, 9.17) is 18.3 Å². The number of carbonyl (C=O) groups excluding carboxylic acids is 4. The van der Waals surface area contributed by atoms with Crippen molar-refractivity contribution in [1.29, 1.82) is 0 Å². The van der Waals surface area contributed by atoms with E-state index in [0.717, 1.165) is 0 Å². The number of anilines is 2. The van der Waals surface area contributed by atoms with Gasteiger partial charge in [0.05, 0.1) is 62.0 Å². The minimum absolute atomic E-state index is 0.395. The maximum atomic E-state index is 14.3. The molecule has 0 radical (unpaired) electrons. The van der Waals surface area contributed by atoms with Gasteiger partial charge in [-0.05, 0) is 72.8 Å². The molecular weight excluding hydrogens is 568 g/mol. The first-order valence-electron chi connectivity index (χ1n) is 14.1. The highest BCUT2D eigenvalue weighted by Gasteiger charge is 2.74. The first-order valence-corrected chi connectivity index (χ1v) is 14.1. The van der Waals surface area contributed by atoms with Gasteiger partial charge in [0.25, 0.3) is 11.8 Å². The van der Waals surface area contributed by atoms with Gasteiger partial charge in [-0.15, -0.1) is 0 Å². The molecule has 6 heterocycles. The third kappa shape index (κ3) is 3.46. The van der Waals surface area contributed by atoms with Crippen LogP contribution in [-0.2, 0) is 19.2 Å². The van der Waals surface area contributed by atoms with E-state index in [9.17, 15) is 19.2 Å². The maximum Gasteiger partial charge on any atom is 0.253 e. The monoisotopic (exact) mass is 594 g/mol. The fraction of sp³-hybridized carbons (Fsp3) is 0.250. The van der Waals surface area contributed by atoms with Gasteiger partial charge in [0.2, 0.25) is 11.8 Å². The number of hydrogen-bond donors (Lipinski definition) is 0. The zero-order chi connectivity index (χ0) is 30.3. The number of amides is 4. The van der Waals surface area contributed by atoms with Crippen LogP contribution in [0.5, 0.6) is 11.5 Å². The molecule has 12 nitrogen and oxygen atoms in total.